The van der Waals surface area contributed by atoms with E-state index in [1.807, 2.05) is 19.9 Å². The van der Waals surface area contributed by atoms with Crippen LogP contribution >= 0.6 is 23.2 Å². The number of amides is 2. The summed E-state index contributed by atoms with van der Waals surface area (Å²) >= 11 is 11.9. The number of carbonyl (C=O) groups is 2. The average molecular weight is 343 g/mol. The summed E-state index contributed by atoms with van der Waals surface area (Å²) in [5, 5.41) is 4.08. The normalized spacial score (nSPS) is 18.1. The summed E-state index contributed by atoms with van der Waals surface area (Å²) in [6.07, 6.45) is 0.933. The largest absolute Gasteiger partial charge is 0.355 e. The molecule has 0 radical (unpaired) electrons. The predicted molar refractivity (Wildman–Crippen MR) is 88.1 cm³/mol. The minimum Gasteiger partial charge on any atom is -0.355 e. The highest BCUT2D eigenvalue weighted by Crippen LogP contribution is 2.22. The van der Waals surface area contributed by atoms with E-state index in [9.17, 15) is 9.59 Å². The van der Waals surface area contributed by atoms with E-state index in [0.29, 0.717) is 36.0 Å². The first-order valence-electron chi connectivity index (χ1n) is 7.39. The van der Waals surface area contributed by atoms with Crippen LogP contribution < -0.4 is 5.32 Å². The maximum Gasteiger partial charge on any atom is 0.225 e. The van der Waals surface area contributed by atoms with Gasteiger partial charge in [-0.2, -0.15) is 0 Å². The minimum atomic E-state index is -0.254. The van der Waals surface area contributed by atoms with Crippen molar-refractivity contribution in [3.8, 4) is 0 Å². The third-order valence-electron chi connectivity index (χ3n) is 3.86. The summed E-state index contributed by atoms with van der Waals surface area (Å²) < 4.78 is 0. The summed E-state index contributed by atoms with van der Waals surface area (Å²) in [6, 6.07) is 5.46. The van der Waals surface area contributed by atoms with Gasteiger partial charge >= 0.3 is 0 Å². The zero-order chi connectivity index (χ0) is 16.3. The van der Waals surface area contributed by atoms with E-state index in [4.69, 9.17) is 23.2 Å². The van der Waals surface area contributed by atoms with Gasteiger partial charge in [-0.3, -0.25) is 9.59 Å². The Morgan fingerprint density at radius 3 is 2.73 bits per heavy atom. The Labute approximate surface area is 140 Å². The molecule has 120 valence electrons. The van der Waals surface area contributed by atoms with Gasteiger partial charge in [-0.1, -0.05) is 29.3 Å². The molecular weight excluding hydrogens is 323 g/mol. The molecule has 1 atom stereocenters. The second kappa shape index (κ2) is 7.34. The summed E-state index contributed by atoms with van der Waals surface area (Å²) in [6.45, 7) is 4.91. The number of benzene rings is 1. The second-order valence-corrected chi connectivity index (χ2v) is 6.66. The van der Waals surface area contributed by atoms with Gasteiger partial charge in [0, 0.05) is 35.6 Å². The first-order valence-corrected chi connectivity index (χ1v) is 8.15. The fourth-order valence-electron chi connectivity index (χ4n) is 2.60. The van der Waals surface area contributed by atoms with Gasteiger partial charge < -0.3 is 10.2 Å². The summed E-state index contributed by atoms with van der Waals surface area (Å²) in [5.74, 6) is -0.270. The second-order valence-electron chi connectivity index (χ2n) is 5.82. The zero-order valence-electron chi connectivity index (χ0n) is 12.7. The molecule has 0 saturated carbocycles. The van der Waals surface area contributed by atoms with Crippen LogP contribution in [-0.4, -0.2) is 35.8 Å². The molecule has 1 fully saturated rings. The molecular formula is C16H20Cl2N2O2. The van der Waals surface area contributed by atoms with Crippen molar-refractivity contribution in [3.63, 3.8) is 0 Å². The Bertz CT molecular complexity index is 575. The van der Waals surface area contributed by atoms with Crippen LogP contribution in [0.5, 0.6) is 0 Å². The molecule has 0 unspecified atom stereocenters. The number of likely N-dealkylation sites (tertiary alicyclic amines) is 1. The minimum absolute atomic E-state index is 0.0518. The highest BCUT2D eigenvalue weighted by molar-refractivity contribution is 6.35. The number of rotatable bonds is 5. The molecule has 2 amide bonds. The lowest BCUT2D eigenvalue weighted by Gasteiger charge is -2.20. The lowest BCUT2D eigenvalue weighted by atomic mass is 10.1. The van der Waals surface area contributed by atoms with Gasteiger partial charge in [0.05, 0.1) is 5.92 Å². The molecule has 6 heteroatoms. The molecule has 1 aromatic rings. The molecule has 0 aromatic heterocycles. The molecule has 2 rings (SSSR count). The number of hydrogen-bond donors (Lipinski definition) is 1. The quantitative estimate of drug-likeness (QED) is 0.894. The Morgan fingerprint density at radius 2 is 2.14 bits per heavy atom. The maximum absolute atomic E-state index is 12.1. The molecule has 0 bridgehead atoms. The van der Waals surface area contributed by atoms with Gasteiger partial charge in [0.2, 0.25) is 11.8 Å². The standard InChI is InChI=1S/C16H20Cl2N2O2/c1-10(2)20-9-12(7-15(20)21)16(22)19-6-5-11-3-4-13(17)8-14(11)18/h3-4,8,10,12H,5-7,9H2,1-2H3,(H,19,22)/t12-/m0/s1. The topological polar surface area (TPSA) is 49.4 Å². The lowest BCUT2D eigenvalue weighted by molar-refractivity contribution is -0.129. The molecule has 22 heavy (non-hydrogen) atoms. The van der Waals surface area contributed by atoms with Crippen molar-refractivity contribution in [2.75, 3.05) is 13.1 Å². The van der Waals surface area contributed by atoms with Crippen LogP contribution in [0.2, 0.25) is 10.0 Å². The summed E-state index contributed by atoms with van der Waals surface area (Å²) in [5.41, 5.74) is 0.942. The highest BCUT2D eigenvalue weighted by atomic mass is 35.5. The molecule has 0 aliphatic carbocycles. The summed E-state index contributed by atoms with van der Waals surface area (Å²) in [4.78, 5) is 25.7. The van der Waals surface area contributed by atoms with Gasteiger partial charge in [-0.25, -0.2) is 0 Å². The van der Waals surface area contributed by atoms with E-state index in [1.54, 1.807) is 17.0 Å². The monoisotopic (exact) mass is 342 g/mol. The van der Waals surface area contributed by atoms with E-state index in [-0.39, 0.29) is 23.8 Å². The van der Waals surface area contributed by atoms with Crippen molar-refractivity contribution >= 4 is 35.0 Å². The highest BCUT2D eigenvalue weighted by Gasteiger charge is 2.35. The molecule has 1 heterocycles. The van der Waals surface area contributed by atoms with Crippen molar-refractivity contribution in [2.45, 2.75) is 32.7 Å². The number of nitrogens with zero attached hydrogens (tertiary/aromatic N) is 1. The number of carbonyl (C=O) groups excluding carboxylic acids is 2. The lowest BCUT2D eigenvalue weighted by Crippen LogP contribution is -2.36. The Kier molecular flexibility index (Phi) is 5.70. The van der Waals surface area contributed by atoms with Gasteiger partial charge in [0.25, 0.3) is 0 Å². The molecule has 1 N–H and O–H groups in total. The van der Waals surface area contributed by atoms with Crippen molar-refractivity contribution < 1.29 is 9.59 Å². The molecule has 1 aromatic carbocycles. The van der Waals surface area contributed by atoms with Crippen LogP contribution in [0, 0.1) is 5.92 Å². The van der Waals surface area contributed by atoms with Gasteiger partial charge in [0.15, 0.2) is 0 Å². The molecule has 4 nitrogen and oxygen atoms in total. The van der Waals surface area contributed by atoms with Crippen LogP contribution in [0.25, 0.3) is 0 Å². The molecule has 1 aliphatic rings. The Balaban J connectivity index is 1.82. The number of halogens is 2. The first kappa shape index (κ1) is 17.1. The third-order valence-corrected chi connectivity index (χ3v) is 4.45. The van der Waals surface area contributed by atoms with Gasteiger partial charge in [-0.05, 0) is 38.0 Å². The van der Waals surface area contributed by atoms with E-state index in [1.165, 1.54) is 0 Å². The van der Waals surface area contributed by atoms with E-state index in [0.717, 1.165) is 5.56 Å². The third kappa shape index (κ3) is 4.14. The fraction of sp³-hybridized carbons (Fsp3) is 0.500. The average Bonchev–Trinajstić information content (AvgIpc) is 2.83. The zero-order valence-corrected chi connectivity index (χ0v) is 14.2. The van der Waals surface area contributed by atoms with Crippen LogP contribution in [-0.2, 0) is 16.0 Å². The van der Waals surface area contributed by atoms with Crippen molar-refractivity contribution in [1.29, 1.82) is 0 Å². The van der Waals surface area contributed by atoms with Crippen LogP contribution in [0.1, 0.15) is 25.8 Å². The first-order chi connectivity index (χ1) is 10.4. The van der Waals surface area contributed by atoms with Crippen molar-refractivity contribution in [1.82, 2.24) is 10.2 Å². The SMILES string of the molecule is CC(C)N1C[C@@H](C(=O)NCCc2ccc(Cl)cc2Cl)CC1=O. The Hall–Kier alpha value is -1.26. The number of hydrogen-bond acceptors (Lipinski definition) is 2. The van der Waals surface area contributed by atoms with Crippen LogP contribution in [0.3, 0.4) is 0 Å². The Morgan fingerprint density at radius 1 is 1.41 bits per heavy atom. The molecule has 0 spiro atoms. The predicted octanol–water partition coefficient (Wildman–Crippen LogP) is 2.91. The molecule has 1 saturated heterocycles. The molecule has 1 aliphatic heterocycles. The van der Waals surface area contributed by atoms with E-state index in [2.05, 4.69) is 5.32 Å². The van der Waals surface area contributed by atoms with Gasteiger partial charge in [0.1, 0.15) is 0 Å². The number of nitrogens with one attached hydrogen (secondary N) is 1. The van der Waals surface area contributed by atoms with E-state index < -0.39 is 0 Å². The van der Waals surface area contributed by atoms with Crippen LogP contribution in [0.4, 0.5) is 0 Å². The van der Waals surface area contributed by atoms with Crippen molar-refractivity contribution in [3.05, 3.63) is 33.8 Å². The smallest absolute Gasteiger partial charge is 0.225 e. The van der Waals surface area contributed by atoms with Crippen molar-refractivity contribution in [2.24, 2.45) is 5.92 Å². The maximum atomic E-state index is 12.1. The fourth-order valence-corrected chi connectivity index (χ4v) is 3.10. The van der Waals surface area contributed by atoms with Crippen LogP contribution in [0.15, 0.2) is 18.2 Å². The summed E-state index contributed by atoms with van der Waals surface area (Å²) in [7, 11) is 0. The van der Waals surface area contributed by atoms with E-state index >= 15 is 0 Å². The van der Waals surface area contributed by atoms with Gasteiger partial charge in [-0.15, -0.1) is 0 Å².